The largest absolute Gasteiger partial charge is 0.417 e. The summed E-state index contributed by atoms with van der Waals surface area (Å²) in [5, 5.41) is 4.96. The lowest BCUT2D eigenvalue weighted by Gasteiger charge is -2.44. The zero-order valence-corrected chi connectivity index (χ0v) is 16.5. The highest BCUT2D eigenvalue weighted by Gasteiger charge is 2.56. The Morgan fingerprint density at radius 1 is 1.16 bits per heavy atom. The molecule has 1 saturated carbocycles. The van der Waals surface area contributed by atoms with E-state index < -0.39 is 51.7 Å². The van der Waals surface area contributed by atoms with Gasteiger partial charge in [-0.2, -0.15) is 26.3 Å². The molecule has 2 saturated heterocycles. The number of halogens is 7. The number of rotatable bonds is 4. The molecule has 1 unspecified atom stereocenters. The third-order valence-electron chi connectivity index (χ3n) is 5.83. The minimum absolute atomic E-state index is 0.194. The number of hydrogen-bond acceptors (Lipinski definition) is 3. The number of hydrogen-bond donors (Lipinski definition) is 2. The average molecular weight is 464 g/mol. The van der Waals surface area contributed by atoms with E-state index in [9.17, 15) is 31.1 Å². The van der Waals surface area contributed by atoms with Crippen molar-refractivity contribution in [2.75, 3.05) is 6.54 Å². The third kappa shape index (κ3) is 3.98. The summed E-state index contributed by atoms with van der Waals surface area (Å²) in [5.74, 6) is -0.662. The summed E-state index contributed by atoms with van der Waals surface area (Å²) in [6.45, 7) is 0.647. The van der Waals surface area contributed by atoms with Crippen molar-refractivity contribution in [1.82, 2.24) is 15.6 Å². The van der Waals surface area contributed by atoms with Crippen LogP contribution in [0.3, 0.4) is 0 Å². The van der Waals surface area contributed by atoms with Crippen LogP contribution in [0.4, 0.5) is 26.3 Å². The number of alkyl halides is 6. The van der Waals surface area contributed by atoms with Crippen LogP contribution in [0, 0.1) is 5.92 Å². The van der Waals surface area contributed by atoms with Gasteiger partial charge in [-0.25, -0.2) is 4.98 Å². The smallest absolute Gasteiger partial charge is 0.342 e. The number of amides is 1. The lowest BCUT2D eigenvalue weighted by atomic mass is 9.67. The van der Waals surface area contributed by atoms with Gasteiger partial charge in [-0.05, 0) is 49.1 Å². The Labute approximate surface area is 178 Å². The fraction of sp³-hybridized carbons (Fsp3) is 0.400. The molecule has 11 heteroatoms. The standard InChI is InChI=1S/C20H16ClF6N3O/c21-14-13(20(25,26)27)4-5-28-15(14)17(31)30-16(18-7-10(8-18)9-29-18)11-2-1-3-12(6-11)19(22,23)24/h1-6,10,16,29H,7-9H2,(H,30,31). The average Bonchev–Trinajstić information content (AvgIpc) is 3.26. The summed E-state index contributed by atoms with van der Waals surface area (Å²) in [7, 11) is 0. The summed E-state index contributed by atoms with van der Waals surface area (Å²) in [4.78, 5) is 16.5. The second kappa shape index (κ2) is 7.37. The monoisotopic (exact) mass is 463 g/mol. The van der Waals surface area contributed by atoms with Crippen LogP contribution >= 0.6 is 11.6 Å². The molecule has 2 bridgehead atoms. The van der Waals surface area contributed by atoms with Gasteiger partial charge in [-0.1, -0.05) is 23.7 Å². The first-order valence-corrected chi connectivity index (χ1v) is 9.73. The molecular weight excluding hydrogens is 448 g/mol. The maximum Gasteiger partial charge on any atom is 0.417 e. The van der Waals surface area contributed by atoms with Gasteiger partial charge in [0.25, 0.3) is 5.91 Å². The number of nitrogens with zero attached hydrogens (tertiary/aromatic N) is 1. The Hall–Kier alpha value is -2.33. The van der Waals surface area contributed by atoms with E-state index in [1.54, 1.807) is 0 Å². The molecule has 3 aliphatic rings. The van der Waals surface area contributed by atoms with Crippen molar-refractivity contribution in [2.45, 2.75) is 36.8 Å². The second-order valence-corrected chi connectivity index (χ2v) is 8.24. The van der Waals surface area contributed by atoms with Crippen LogP contribution in [-0.2, 0) is 12.4 Å². The molecule has 2 N–H and O–H groups in total. The first kappa shape index (κ1) is 21.9. The van der Waals surface area contributed by atoms with Gasteiger partial charge >= 0.3 is 12.4 Å². The second-order valence-electron chi connectivity index (χ2n) is 7.86. The van der Waals surface area contributed by atoms with Crippen LogP contribution in [0.2, 0.25) is 5.02 Å². The van der Waals surface area contributed by atoms with E-state index in [0.717, 1.165) is 18.3 Å². The summed E-state index contributed by atoms with van der Waals surface area (Å²) < 4.78 is 79.0. The van der Waals surface area contributed by atoms with E-state index in [2.05, 4.69) is 15.6 Å². The zero-order chi connectivity index (χ0) is 22.6. The highest BCUT2D eigenvalue weighted by molar-refractivity contribution is 6.34. The molecule has 2 aromatic rings. The van der Waals surface area contributed by atoms with Crippen molar-refractivity contribution in [3.63, 3.8) is 0 Å². The van der Waals surface area contributed by atoms with Crippen molar-refractivity contribution >= 4 is 17.5 Å². The molecule has 1 aromatic heterocycles. The molecule has 3 fully saturated rings. The van der Waals surface area contributed by atoms with Gasteiger partial charge in [0, 0.05) is 11.7 Å². The Balaban J connectivity index is 1.70. The van der Waals surface area contributed by atoms with Gasteiger partial charge in [0.2, 0.25) is 0 Å². The predicted octanol–water partition coefficient (Wildman–Crippen LogP) is 5.00. The van der Waals surface area contributed by atoms with Gasteiger partial charge in [-0.3, -0.25) is 4.79 Å². The molecule has 31 heavy (non-hydrogen) atoms. The lowest BCUT2D eigenvalue weighted by Crippen LogP contribution is -2.55. The molecule has 2 aliphatic heterocycles. The van der Waals surface area contributed by atoms with Gasteiger partial charge in [0.05, 0.1) is 22.2 Å². The van der Waals surface area contributed by atoms with Crippen LogP contribution in [0.5, 0.6) is 0 Å². The summed E-state index contributed by atoms with van der Waals surface area (Å²) >= 11 is 5.80. The quantitative estimate of drug-likeness (QED) is 0.628. The molecule has 4 nitrogen and oxygen atoms in total. The van der Waals surface area contributed by atoms with Crippen LogP contribution in [0.1, 0.15) is 46.1 Å². The highest BCUT2D eigenvalue weighted by atomic mass is 35.5. The number of carbonyl (C=O) groups excluding carboxylic acids is 1. The van der Waals surface area contributed by atoms with Crippen LogP contribution < -0.4 is 10.6 Å². The van der Waals surface area contributed by atoms with Crippen molar-refractivity contribution < 1.29 is 31.1 Å². The molecule has 5 rings (SSSR count). The number of carbonyl (C=O) groups is 1. The van der Waals surface area contributed by atoms with Crippen molar-refractivity contribution in [3.8, 4) is 0 Å². The molecule has 0 spiro atoms. The molecule has 166 valence electrons. The molecule has 0 radical (unpaired) electrons. The van der Waals surface area contributed by atoms with Crippen LogP contribution in [0.15, 0.2) is 36.5 Å². The number of aromatic nitrogens is 1. The van der Waals surface area contributed by atoms with E-state index in [1.807, 2.05) is 0 Å². The fourth-order valence-electron chi connectivity index (χ4n) is 4.40. The van der Waals surface area contributed by atoms with Gasteiger partial charge in [-0.15, -0.1) is 0 Å². The normalized spacial score (nSPS) is 23.9. The summed E-state index contributed by atoms with van der Waals surface area (Å²) in [6, 6.07) is 4.27. The van der Waals surface area contributed by atoms with Crippen molar-refractivity contribution in [1.29, 1.82) is 0 Å². The van der Waals surface area contributed by atoms with Gasteiger partial charge < -0.3 is 10.6 Å². The number of benzene rings is 1. The molecule has 3 heterocycles. The predicted molar refractivity (Wildman–Crippen MR) is 99.4 cm³/mol. The first-order chi connectivity index (χ1) is 14.4. The minimum Gasteiger partial charge on any atom is -0.342 e. The fourth-order valence-corrected chi connectivity index (χ4v) is 4.70. The Bertz CT molecular complexity index is 1010. The Kier molecular flexibility index (Phi) is 5.20. The maximum absolute atomic E-state index is 13.2. The molecule has 1 amide bonds. The summed E-state index contributed by atoms with van der Waals surface area (Å²) in [5.41, 5.74) is -3.23. The van der Waals surface area contributed by atoms with E-state index in [-0.39, 0.29) is 5.56 Å². The van der Waals surface area contributed by atoms with E-state index in [1.165, 1.54) is 12.1 Å². The Morgan fingerprint density at radius 2 is 1.87 bits per heavy atom. The van der Waals surface area contributed by atoms with E-state index in [4.69, 9.17) is 11.6 Å². The highest BCUT2D eigenvalue weighted by Crippen LogP contribution is 2.51. The Morgan fingerprint density at radius 3 is 2.45 bits per heavy atom. The molecule has 1 aromatic carbocycles. The number of fused-ring (bicyclic) bond motifs is 1. The summed E-state index contributed by atoms with van der Waals surface area (Å²) in [6.07, 6.45) is -7.31. The lowest BCUT2D eigenvalue weighted by molar-refractivity contribution is -0.138. The van der Waals surface area contributed by atoms with Crippen molar-refractivity contribution in [2.24, 2.45) is 5.92 Å². The number of nitrogens with one attached hydrogen (secondary N) is 2. The van der Waals surface area contributed by atoms with E-state index >= 15 is 0 Å². The first-order valence-electron chi connectivity index (χ1n) is 9.35. The maximum atomic E-state index is 13.2. The van der Waals surface area contributed by atoms with Crippen LogP contribution in [0.25, 0.3) is 0 Å². The molecule has 1 aliphatic carbocycles. The van der Waals surface area contributed by atoms with Gasteiger partial charge in [0.1, 0.15) is 5.69 Å². The number of pyridine rings is 1. The zero-order valence-electron chi connectivity index (χ0n) is 15.7. The molecular formula is C20H16ClF6N3O. The van der Waals surface area contributed by atoms with Crippen molar-refractivity contribution in [3.05, 3.63) is 63.9 Å². The minimum atomic E-state index is -4.79. The third-order valence-corrected chi connectivity index (χ3v) is 6.22. The topological polar surface area (TPSA) is 54.0 Å². The van der Waals surface area contributed by atoms with E-state index in [0.29, 0.717) is 31.4 Å². The molecule has 1 atom stereocenters. The SMILES string of the molecule is O=C(NC(c1cccc(C(F)(F)F)c1)C12CC(CN1)C2)c1nccc(C(F)(F)F)c1Cl. The van der Waals surface area contributed by atoms with Gasteiger partial charge in [0.15, 0.2) is 0 Å². The van der Waals surface area contributed by atoms with Crippen LogP contribution in [-0.4, -0.2) is 23.0 Å².